The van der Waals surface area contributed by atoms with E-state index in [0.717, 1.165) is 0 Å². The maximum atomic E-state index is 2.50. The second kappa shape index (κ2) is 6.62. The average molecular weight is 466 g/mol. The standard InChI is InChI=1S/C33H23NS/c1-33(2)27-12-6-3-9-21(27)26-19-20(15-18-28(26)33)34-29-13-7-4-10-22(29)24-16-17-25-23-11-5-8-14-30(23)35-32(25)31(24)34/h3-19H,1-2H3. The molecule has 2 heteroatoms. The first-order valence-electron chi connectivity index (χ1n) is 12.2. The Morgan fingerprint density at radius 2 is 1.31 bits per heavy atom. The molecule has 1 nitrogen and oxygen atoms in total. The molecule has 0 atom stereocenters. The van der Waals surface area contributed by atoms with Crippen LogP contribution in [0.15, 0.2) is 103 Å². The molecule has 1 aliphatic rings. The molecule has 0 spiro atoms. The number of rotatable bonds is 1. The van der Waals surface area contributed by atoms with Crippen molar-refractivity contribution in [1.29, 1.82) is 0 Å². The number of aromatic nitrogens is 1. The minimum Gasteiger partial charge on any atom is -0.308 e. The van der Waals surface area contributed by atoms with Crippen LogP contribution < -0.4 is 0 Å². The van der Waals surface area contributed by atoms with Crippen molar-refractivity contribution in [3.8, 4) is 16.8 Å². The Hall–Kier alpha value is -3.88. The Morgan fingerprint density at radius 1 is 0.600 bits per heavy atom. The quantitative estimate of drug-likeness (QED) is 0.227. The van der Waals surface area contributed by atoms with Crippen LogP contribution >= 0.6 is 11.3 Å². The topological polar surface area (TPSA) is 4.93 Å². The summed E-state index contributed by atoms with van der Waals surface area (Å²) in [5, 5.41) is 5.31. The van der Waals surface area contributed by atoms with Crippen molar-refractivity contribution in [2.45, 2.75) is 19.3 Å². The second-order valence-electron chi connectivity index (χ2n) is 10.2. The summed E-state index contributed by atoms with van der Waals surface area (Å²) < 4.78 is 5.20. The zero-order valence-corrected chi connectivity index (χ0v) is 20.5. The minimum atomic E-state index is 0.0179. The zero-order chi connectivity index (χ0) is 23.3. The molecule has 166 valence electrons. The maximum Gasteiger partial charge on any atom is 0.0719 e. The third-order valence-electron chi connectivity index (χ3n) is 8.00. The molecule has 8 rings (SSSR count). The smallest absolute Gasteiger partial charge is 0.0719 e. The zero-order valence-electron chi connectivity index (χ0n) is 19.7. The molecule has 0 radical (unpaired) electrons. The molecule has 1 aliphatic carbocycles. The molecule has 5 aromatic carbocycles. The Kier molecular flexibility index (Phi) is 3.67. The van der Waals surface area contributed by atoms with Crippen molar-refractivity contribution in [3.63, 3.8) is 0 Å². The fraction of sp³-hybridized carbons (Fsp3) is 0.0909. The van der Waals surface area contributed by atoms with Gasteiger partial charge in [0, 0.05) is 37.3 Å². The van der Waals surface area contributed by atoms with Crippen LogP contribution in [0.2, 0.25) is 0 Å². The van der Waals surface area contributed by atoms with Crippen molar-refractivity contribution in [2.24, 2.45) is 0 Å². The van der Waals surface area contributed by atoms with Gasteiger partial charge in [0.1, 0.15) is 0 Å². The van der Waals surface area contributed by atoms with E-state index in [1.54, 1.807) is 0 Å². The fourth-order valence-corrected chi connectivity index (χ4v) is 7.59. The fourth-order valence-electron chi connectivity index (χ4n) is 6.35. The van der Waals surface area contributed by atoms with E-state index in [1.807, 2.05) is 11.3 Å². The van der Waals surface area contributed by atoms with E-state index in [-0.39, 0.29) is 5.41 Å². The molecular weight excluding hydrogens is 442 g/mol. The van der Waals surface area contributed by atoms with Gasteiger partial charge in [-0.25, -0.2) is 0 Å². The van der Waals surface area contributed by atoms with Gasteiger partial charge in [-0.15, -0.1) is 11.3 Å². The molecule has 7 aromatic rings. The molecule has 0 amide bonds. The van der Waals surface area contributed by atoms with Gasteiger partial charge in [0.05, 0.1) is 15.7 Å². The Balaban J connectivity index is 1.52. The largest absolute Gasteiger partial charge is 0.308 e. The van der Waals surface area contributed by atoms with Gasteiger partial charge in [0.15, 0.2) is 0 Å². The van der Waals surface area contributed by atoms with Crippen LogP contribution in [-0.4, -0.2) is 4.57 Å². The van der Waals surface area contributed by atoms with Crippen molar-refractivity contribution in [2.75, 3.05) is 0 Å². The van der Waals surface area contributed by atoms with Crippen molar-refractivity contribution >= 4 is 53.3 Å². The Labute approximate surface area is 207 Å². The van der Waals surface area contributed by atoms with Gasteiger partial charge in [-0.1, -0.05) is 92.7 Å². The van der Waals surface area contributed by atoms with Crippen LogP contribution in [0.5, 0.6) is 0 Å². The first-order valence-corrected chi connectivity index (χ1v) is 13.0. The summed E-state index contributed by atoms with van der Waals surface area (Å²) in [6.45, 7) is 4.69. The van der Waals surface area contributed by atoms with Crippen LogP contribution in [0.4, 0.5) is 0 Å². The van der Waals surface area contributed by atoms with E-state index in [4.69, 9.17) is 0 Å². The molecule has 0 N–H and O–H groups in total. The number of thiophene rings is 1. The van der Waals surface area contributed by atoms with Crippen molar-refractivity contribution < 1.29 is 0 Å². The van der Waals surface area contributed by atoms with Crippen molar-refractivity contribution in [3.05, 3.63) is 114 Å². The van der Waals surface area contributed by atoms with Gasteiger partial charge in [0.25, 0.3) is 0 Å². The molecule has 0 aliphatic heterocycles. The van der Waals surface area contributed by atoms with Gasteiger partial charge >= 0.3 is 0 Å². The lowest BCUT2D eigenvalue weighted by molar-refractivity contribution is 0.660. The predicted molar refractivity (Wildman–Crippen MR) is 151 cm³/mol. The number of fused-ring (bicyclic) bond motifs is 10. The summed E-state index contributed by atoms with van der Waals surface area (Å²) in [6.07, 6.45) is 0. The van der Waals surface area contributed by atoms with E-state index < -0.39 is 0 Å². The minimum absolute atomic E-state index is 0.0179. The van der Waals surface area contributed by atoms with E-state index in [2.05, 4.69) is 122 Å². The molecule has 2 heterocycles. The highest BCUT2D eigenvalue weighted by Crippen LogP contribution is 2.50. The van der Waals surface area contributed by atoms with E-state index in [0.29, 0.717) is 0 Å². The van der Waals surface area contributed by atoms with E-state index >= 15 is 0 Å². The lowest BCUT2D eigenvalue weighted by Crippen LogP contribution is -2.14. The highest BCUT2D eigenvalue weighted by atomic mass is 32.1. The number of nitrogens with zero attached hydrogens (tertiary/aromatic N) is 1. The molecule has 35 heavy (non-hydrogen) atoms. The third-order valence-corrected chi connectivity index (χ3v) is 9.20. The molecule has 0 bridgehead atoms. The predicted octanol–water partition coefficient (Wildman–Crippen LogP) is 9.46. The summed E-state index contributed by atoms with van der Waals surface area (Å²) in [4.78, 5) is 0. The van der Waals surface area contributed by atoms with Gasteiger partial charge in [0.2, 0.25) is 0 Å². The second-order valence-corrected chi connectivity index (χ2v) is 11.2. The van der Waals surface area contributed by atoms with Gasteiger partial charge in [-0.05, 0) is 46.5 Å². The van der Waals surface area contributed by atoms with E-state index in [1.165, 1.54) is 69.9 Å². The van der Waals surface area contributed by atoms with Gasteiger partial charge in [-0.2, -0.15) is 0 Å². The van der Waals surface area contributed by atoms with Crippen LogP contribution in [0, 0.1) is 0 Å². The Bertz CT molecular complexity index is 1980. The normalized spacial score (nSPS) is 14.2. The maximum absolute atomic E-state index is 2.50. The highest BCUT2D eigenvalue weighted by Gasteiger charge is 2.35. The summed E-state index contributed by atoms with van der Waals surface area (Å²) >= 11 is 1.91. The SMILES string of the molecule is CC1(C)c2ccccc2-c2cc(-n3c4ccccc4c4ccc5c6ccccc6sc5c43)ccc21. The third kappa shape index (κ3) is 2.42. The highest BCUT2D eigenvalue weighted by molar-refractivity contribution is 7.26. The summed E-state index contributed by atoms with van der Waals surface area (Å²) in [5.74, 6) is 0. The number of benzene rings is 5. The molecule has 2 aromatic heterocycles. The first-order chi connectivity index (χ1) is 17.1. The van der Waals surface area contributed by atoms with Crippen LogP contribution in [0.25, 0.3) is 58.8 Å². The van der Waals surface area contributed by atoms with Crippen molar-refractivity contribution in [1.82, 2.24) is 4.57 Å². The summed E-state index contributed by atoms with van der Waals surface area (Å²) in [7, 11) is 0. The van der Waals surface area contributed by atoms with Crippen LogP contribution in [-0.2, 0) is 5.41 Å². The monoisotopic (exact) mass is 465 g/mol. The number of para-hydroxylation sites is 1. The lowest BCUT2D eigenvalue weighted by atomic mass is 9.82. The van der Waals surface area contributed by atoms with E-state index in [9.17, 15) is 0 Å². The molecule has 0 saturated carbocycles. The molecule has 0 saturated heterocycles. The number of hydrogen-bond donors (Lipinski definition) is 0. The van der Waals surface area contributed by atoms with Gasteiger partial charge in [-0.3, -0.25) is 0 Å². The molecule has 0 fully saturated rings. The van der Waals surface area contributed by atoms with Crippen LogP contribution in [0.1, 0.15) is 25.0 Å². The average Bonchev–Trinajstić information content (AvgIpc) is 3.51. The van der Waals surface area contributed by atoms with Crippen LogP contribution in [0.3, 0.4) is 0 Å². The Morgan fingerprint density at radius 3 is 2.23 bits per heavy atom. The number of hydrogen-bond acceptors (Lipinski definition) is 1. The summed E-state index contributed by atoms with van der Waals surface area (Å²) in [6, 6.07) is 38.3. The van der Waals surface area contributed by atoms with Gasteiger partial charge < -0.3 is 4.57 Å². The first kappa shape index (κ1) is 19.4. The molecular formula is C33H23NS. The molecule has 0 unspecified atom stereocenters. The summed E-state index contributed by atoms with van der Waals surface area (Å²) in [5.41, 5.74) is 9.38. The lowest BCUT2D eigenvalue weighted by Gasteiger charge is -2.21.